The first-order chi connectivity index (χ1) is 20.5. The fourth-order valence-electron chi connectivity index (χ4n) is 4.13. The summed E-state index contributed by atoms with van der Waals surface area (Å²) < 4.78 is 99.8. The average Bonchev–Trinajstić information content (AvgIpc) is 3.60. The second-order valence-corrected chi connectivity index (χ2v) is 13.0. The minimum absolute atomic E-state index is 0.0228. The molecule has 0 aliphatic carbocycles. The topological polar surface area (TPSA) is 265 Å². The van der Waals surface area contributed by atoms with Gasteiger partial charge in [0.05, 0.1) is 15.8 Å². The average molecular weight is 671 g/mol. The molecule has 22 heteroatoms. The fourth-order valence-corrected chi connectivity index (χ4v) is 7.66. The highest BCUT2D eigenvalue weighted by Crippen LogP contribution is 2.42. The van der Waals surface area contributed by atoms with Crippen LogP contribution in [-0.4, -0.2) is 59.6 Å². The van der Waals surface area contributed by atoms with Gasteiger partial charge in [0, 0.05) is 11.8 Å². The molecule has 0 saturated heterocycles. The van der Waals surface area contributed by atoms with E-state index in [-0.39, 0.29) is 22.1 Å². The van der Waals surface area contributed by atoms with Gasteiger partial charge in [0.1, 0.15) is 15.5 Å². The molecule has 44 heavy (non-hydrogen) atoms. The molecule has 2 aromatic carbocycles. The zero-order chi connectivity index (χ0) is 32.1. The Kier molecular flexibility index (Phi) is 7.59. The number of esters is 1. The zero-order valence-corrected chi connectivity index (χ0v) is 23.9. The van der Waals surface area contributed by atoms with Crippen LogP contribution >= 0.6 is 11.3 Å². The number of anilines is 1. The zero-order valence-electron chi connectivity index (χ0n) is 21.5. The standard InChI is InChI=1S/C22H17F3N10O6S3/c23-21(24,25)19(36)41-22(27,14-6-1-2-9-29-14)33-44(39,40)13-8-7-10(11-4-3-5-12-16(11)30-20(26)42-12)15(17(13)43(28,37)38)18-31-34-35-32-18/h1-9,33H,27H2,(H2,26,30)(H2,28,37,38)(H,31,32,34,35)/t22-/m1/s1. The molecular formula is C22H17F3N10O6S3. The third kappa shape index (κ3) is 5.80. The van der Waals surface area contributed by atoms with Gasteiger partial charge in [-0.2, -0.15) is 17.9 Å². The molecule has 0 aliphatic rings. The van der Waals surface area contributed by atoms with E-state index in [0.29, 0.717) is 10.2 Å². The molecule has 8 N–H and O–H groups in total. The Morgan fingerprint density at radius 1 is 1.02 bits per heavy atom. The number of rotatable bonds is 8. The highest BCUT2D eigenvalue weighted by Gasteiger charge is 2.49. The molecule has 1 atom stereocenters. The van der Waals surface area contributed by atoms with E-state index in [1.54, 1.807) is 16.9 Å². The SMILES string of the molecule is Nc1nc2c(-c3ccc(S(=O)(=O)N[C@@](N)(OC(=O)C(F)(F)F)c4ccccn4)c(S(N)(=O)=O)c3-c3nnn[nH]3)cccc2s1. The number of nitrogen functional groups attached to an aromatic ring is 1. The van der Waals surface area contributed by atoms with Crippen LogP contribution in [0.2, 0.25) is 0 Å². The summed E-state index contributed by atoms with van der Waals surface area (Å²) in [5.74, 6) is -6.54. The van der Waals surface area contributed by atoms with E-state index < -0.39 is 59.1 Å². The van der Waals surface area contributed by atoms with Crippen LogP contribution in [0.4, 0.5) is 18.3 Å². The number of para-hydroxylation sites is 1. The number of carbonyl (C=O) groups is 1. The van der Waals surface area contributed by atoms with Crippen molar-refractivity contribution in [3.05, 3.63) is 60.4 Å². The summed E-state index contributed by atoms with van der Waals surface area (Å²) in [5.41, 5.74) is 11.2. The normalized spacial score (nSPS) is 13.9. The molecule has 0 saturated carbocycles. The molecule has 5 aromatic rings. The predicted octanol–water partition coefficient (Wildman–Crippen LogP) is 0.921. The van der Waals surface area contributed by atoms with E-state index in [9.17, 15) is 34.8 Å². The third-order valence-corrected chi connectivity index (χ3v) is 9.28. The number of nitrogens with two attached hydrogens (primary N) is 3. The number of aromatic nitrogens is 6. The Morgan fingerprint density at radius 3 is 2.39 bits per heavy atom. The molecule has 5 rings (SSSR count). The highest BCUT2D eigenvalue weighted by molar-refractivity contribution is 7.92. The van der Waals surface area contributed by atoms with Gasteiger partial charge in [-0.1, -0.05) is 35.6 Å². The summed E-state index contributed by atoms with van der Waals surface area (Å²) in [6.45, 7) is 0. The number of sulfonamides is 2. The van der Waals surface area contributed by atoms with Crippen molar-refractivity contribution in [2.75, 3.05) is 5.73 Å². The summed E-state index contributed by atoms with van der Waals surface area (Å²) in [4.78, 5) is 17.5. The molecule has 0 unspecified atom stereocenters. The van der Waals surface area contributed by atoms with Gasteiger partial charge in [0.2, 0.25) is 20.0 Å². The summed E-state index contributed by atoms with van der Waals surface area (Å²) in [6.07, 6.45) is -4.58. The van der Waals surface area contributed by atoms with Crippen molar-refractivity contribution in [3.63, 3.8) is 0 Å². The number of thiazole rings is 1. The number of tetrazole rings is 1. The van der Waals surface area contributed by atoms with Gasteiger partial charge in [-0.3, -0.25) is 10.7 Å². The first-order valence-corrected chi connectivity index (χ1v) is 15.5. The molecule has 0 amide bonds. The number of alkyl halides is 3. The molecule has 0 radical (unpaired) electrons. The number of halogens is 3. The van der Waals surface area contributed by atoms with Crippen molar-refractivity contribution in [3.8, 4) is 22.5 Å². The van der Waals surface area contributed by atoms with E-state index in [1.807, 2.05) is 0 Å². The number of ether oxygens (including phenoxy) is 1. The Labute approximate surface area is 248 Å². The number of aromatic amines is 1. The van der Waals surface area contributed by atoms with Gasteiger partial charge in [-0.25, -0.2) is 36.9 Å². The Balaban J connectivity index is 1.77. The molecule has 0 fully saturated rings. The number of hydrogen-bond donors (Lipinski definition) is 5. The van der Waals surface area contributed by atoms with Crippen molar-refractivity contribution >= 4 is 52.7 Å². The van der Waals surface area contributed by atoms with Crippen molar-refractivity contribution in [2.45, 2.75) is 21.8 Å². The first kappa shape index (κ1) is 30.8. The van der Waals surface area contributed by atoms with Gasteiger partial charge in [-0.15, -0.1) is 5.10 Å². The molecule has 230 valence electrons. The van der Waals surface area contributed by atoms with Gasteiger partial charge in [0.25, 0.3) is 5.85 Å². The smallest absolute Gasteiger partial charge is 0.416 e. The van der Waals surface area contributed by atoms with E-state index in [0.717, 1.165) is 35.7 Å². The molecule has 3 heterocycles. The number of primary sulfonamides is 1. The van der Waals surface area contributed by atoms with Crippen LogP contribution < -0.4 is 21.3 Å². The minimum Gasteiger partial charge on any atom is -0.416 e. The Bertz CT molecular complexity index is 2110. The van der Waals surface area contributed by atoms with Crippen LogP contribution in [0, 0.1) is 0 Å². The van der Waals surface area contributed by atoms with E-state index >= 15 is 0 Å². The van der Waals surface area contributed by atoms with E-state index in [1.165, 1.54) is 18.2 Å². The van der Waals surface area contributed by atoms with E-state index in [2.05, 4.69) is 35.3 Å². The molecule has 3 aromatic heterocycles. The van der Waals surface area contributed by atoms with Crippen molar-refractivity contribution in [2.24, 2.45) is 10.9 Å². The number of carbonyl (C=O) groups excluding carboxylic acids is 1. The molecular weight excluding hydrogens is 654 g/mol. The lowest BCUT2D eigenvalue weighted by molar-refractivity contribution is -0.216. The number of benzene rings is 2. The minimum atomic E-state index is -5.61. The van der Waals surface area contributed by atoms with Gasteiger partial charge < -0.3 is 10.5 Å². The largest absolute Gasteiger partial charge is 0.491 e. The number of fused-ring (bicyclic) bond motifs is 1. The summed E-state index contributed by atoms with van der Waals surface area (Å²) in [6, 6.07) is 10.3. The summed E-state index contributed by atoms with van der Waals surface area (Å²) in [5, 5.41) is 18.6. The van der Waals surface area contributed by atoms with Crippen LogP contribution in [0.1, 0.15) is 5.69 Å². The molecule has 16 nitrogen and oxygen atoms in total. The van der Waals surface area contributed by atoms with Crippen LogP contribution in [0.15, 0.2) is 64.5 Å². The van der Waals surface area contributed by atoms with Crippen LogP contribution in [0.25, 0.3) is 32.7 Å². The lowest BCUT2D eigenvalue weighted by Crippen LogP contribution is -2.57. The van der Waals surface area contributed by atoms with E-state index in [4.69, 9.17) is 16.6 Å². The maximum absolute atomic E-state index is 13.8. The molecule has 0 aliphatic heterocycles. The van der Waals surface area contributed by atoms with Crippen molar-refractivity contribution in [1.29, 1.82) is 0 Å². The van der Waals surface area contributed by atoms with Crippen molar-refractivity contribution in [1.82, 2.24) is 35.3 Å². The second kappa shape index (κ2) is 10.8. The number of nitrogens with one attached hydrogen (secondary N) is 2. The maximum atomic E-state index is 13.8. The molecule has 0 spiro atoms. The third-order valence-electron chi connectivity index (χ3n) is 5.82. The number of pyridine rings is 1. The van der Waals surface area contributed by atoms with Crippen LogP contribution in [-0.2, 0) is 35.4 Å². The summed E-state index contributed by atoms with van der Waals surface area (Å²) >= 11 is 1.12. The van der Waals surface area contributed by atoms with Crippen molar-refractivity contribution < 1.29 is 39.5 Å². The first-order valence-electron chi connectivity index (χ1n) is 11.6. The number of nitrogens with zero attached hydrogens (tertiary/aromatic N) is 5. The maximum Gasteiger partial charge on any atom is 0.491 e. The molecule has 0 bridgehead atoms. The predicted molar refractivity (Wildman–Crippen MR) is 147 cm³/mol. The lowest BCUT2D eigenvalue weighted by atomic mass is 9.98. The lowest BCUT2D eigenvalue weighted by Gasteiger charge is -2.29. The number of H-pyrrole nitrogens is 1. The van der Waals surface area contributed by atoms with Gasteiger partial charge >= 0.3 is 12.1 Å². The van der Waals surface area contributed by atoms with Crippen LogP contribution in [0.3, 0.4) is 0 Å². The highest BCUT2D eigenvalue weighted by atomic mass is 32.2. The quantitative estimate of drug-likeness (QED) is 0.114. The number of hydrogen-bond acceptors (Lipinski definition) is 14. The van der Waals surface area contributed by atoms with Crippen LogP contribution in [0.5, 0.6) is 0 Å². The Hall–Kier alpha value is -4.61. The fraction of sp³-hybridized carbons (Fsp3) is 0.0909. The summed E-state index contributed by atoms with van der Waals surface area (Å²) in [7, 11) is -10.4. The van der Waals surface area contributed by atoms with Gasteiger partial charge in [0.15, 0.2) is 11.0 Å². The monoisotopic (exact) mass is 670 g/mol. The second-order valence-electron chi connectivity index (χ2n) is 8.76. The van der Waals surface area contributed by atoms with Gasteiger partial charge in [-0.05, 0) is 40.3 Å². The Morgan fingerprint density at radius 2 is 1.77 bits per heavy atom.